The Morgan fingerprint density at radius 1 is 1.43 bits per heavy atom. The normalized spacial score (nSPS) is 14.8. The van der Waals surface area contributed by atoms with Gasteiger partial charge >= 0.3 is 5.69 Å². The zero-order valence-corrected chi connectivity index (χ0v) is 12.0. The van der Waals surface area contributed by atoms with Crippen LogP contribution >= 0.6 is 0 Å². The van der Waals surface area contributed by atoms with Crippen molar-refractivity contribution in [1.82, 2.24) is 10.2 Å². The summed E-state index contributed by atoms with van der Waals surface area (Å²) in [6, 6.07) is 4.92. The zero-order valence-electron chi connectivity index (χ0n) is 12.0. The van der Waals surface area contributed by atoms with Gasteiger partial charge in [-0.1, -0.05) is 12.1 Å². The fraction of sp³-hybridized carbons (Fsp3) is 0.500. The minimum Gasteiger partial charge on any atom is -0.486 e. The molecule has 1 fully saturated rings. The second-order valence-electron chi connectivity index (χ2n) is 4.91. The topological polar surface area (TPSA) is 84.7 Å². The number of rotatable bonds is 5. The van der Waals surface area contributed by atoms with Gasteiger partial charge in [0.25, 0.3) is 0 Å². The highest BCUT2D eigenvalue weighted by molar-refractivity contribution is 5.76. The van der Waals surface area contributed by atoms with E-state index < -0.39 is 4.92 Å². The molecule has 1 aliphatic rings. The standard InChI is InChI=1S/C14H19N3O4/c1-11-3-2-4-12(14(11)17(19)20)21-10-5-13(18)16-8-6-15-7-9-16/h2-4,15H,5-10H2,1H3. The quantitative estimate of drug-likeness (QED) is 0.649. The highest BCUT2D eigenvalue weighted by Crippen LogP contribution is 2.30. The van der Waals surface area contributed by atoms with Gasteiger partial charge in [0.15, 0.2) is 5.75 Å². The molecule has 1 amide bonds. The highest BCUT2D eigenvalue weighted by atomic mass is 16.6. The van der Waals surface area contributed by atoms with Gasteiger partial charge in [-0.25, -0.2) is 0 Å². The number of amides is 1. The number of nitro groups is 1. The molecule has 0 bridgehead atoms. The van der Waals surface area contributed by atoms with Crippen LogP contribution in [-0.2, 0) is 4.79 Å². The van der Waals surface area contributed by atoms with Gasteiger partial charge in [0.1, 0.15) is 0 Å². The monoisotopic (exact) mass is 293 g/mol. The second kappa shape index (κ2) is 7.03. The van der Waals surface area contributed by atoms with E-state index in [0.29, 0.717) is 18.7 Å². The molecule has 2 rings (SSSR count). The summed E-state index contributed by atoms with van der Waals surface area (Å²) < 4.78 is 5.44. The van der Waals surface area contributed by atoms with E-state index in [9.17, 15) is 14.9 Å². The maximum absolute atomic E-state index is 12.0. The van der Waals surface area contributed by atoms with E-state index in [0.717, 1.165) is 13.1 Å². The van der Waals surface area contributed by atoms with Gasteiger partial charge in [0, 0.05) is 31.7 Å². The summed E-state index contributed by atoms with van der Waals surface area (Å²) in [5, 5.41) is 14.2. The summed E-state index contributed by atoms with van der Waals surface area (Å²) in [6.07, 6.45) is 0.227. The van der Waals surface area contributed by atoms with E-state index >= 15 is 0 Å². The van der Waals surface area contributed by atoms with Crippen LogP contribution in [0.1, 0.15) is 12.0 Å². The molecule has 7 heteroatoms. The molecule has 0 aliphatic carbocycles. The Balaban J connectivity index is 1.90. The number of carbonyl (C=O) groups excluding carboxylic acids is 1. The van der Waals surface area contributed by atoms with E-state index in [1.54, 1.807) is 30.0 Å². The number of hydrogen-bond acceptors (Lipinski definition) is 5. The summed E-state index contributed by atoms with van der Waals surface area (Å²) in [5.41, 5.74) is 0.512. The summed E-state index contributed by atoms with van der Waals surface area (Å²) in [4.78, 5) is 24.3. The SMILES string of the molecule is Cc1cccc(OCCC(=O)N2CCNCC2)c1[N+](=O)[O-]. The summed E-state index contributed by atoms with van der Waals surface area (Å²) in [6.45, 7) is 4.81. The van der Waals surface area contributed by atoms with Gasteiger partial charge in [-0.3, -0.25) is 14.9 Å². The lowest BCUT2D eigenvalue weighted by atomic mass is 10.2. The van der Waals surface area contributed by atoms with Crippen LogP contribution in [0.25, 0.3) is 0 Å². The number of hydrogen-bond donors (Lipinski definition) is 1. The van der Waals surface area contributed by atoms with E-state index in [2.05, 4.69) is 5.32 Å². The van der Waals surface area contributed by atoms with E-state index in [-0.39, 0.29) is 30.4 Å². The average molecular weight is 293 g/mol. The molecule has 1 aromatic rings. The first-order valence-corrected chi connectivity index (χ1v) is 6.95. The van der Waals surface area contributed by atoms with Crippen molar-refractivity contribution in [1.29, 1.82) is 0 Å². The van der Waals surface area contributed by atoms with Gasteiger partial charge in [0.2, 0.25) is 5.91 Å². The third-order valence-electron chi connectivity index (χ3n) is 3.43. The molecule has 21 heavy (non-hydrogen) atoms. The minimum atomic E-state index is -0.456. The molecule has 1 heterocycles. The maximum atomic E-state index is 12.0. The third kappa shape index (κ3) is 3.91. The number of carbonyl (C=O) groups is 1. The molecular formula is C14H19N3O4. The Hall–Kier alpha value is -2.15. The molecule has 1 saturated heterocycles. The van der Waals surface area contributed by atoms with Crippen molar-refractivity contribution >= 4 is 11.6 Å². The van der Waals surface area contributed by atoms with Crippen molar-refractivity contribution < 1.29 is 14.5 Å². The number of nitrogens with one attached hydrogen (secondary N) is 1. The predicted octanol–water partition coefficient (Wildman–Crippen LogP) is 1.10. The van der Waals surface area contributed by atoms with E-state index in [1.165, 1.54) is 0 Å². The number of aryl methyl sites for hydroxylation is 1. The fourth-order valence-corrected chi connectivity index (χ4v) is 2.30. The zero-order chi connectivity index (χ0) is 15.2. The molecule has 114 valence electrons. The van der Waals surface area contributed by atoms with Gasteiger partial charge in [0.05, 0.1) is 18.0 Å². The van der Waals surface area contributed by atoms with Crippen LogP contribution in [0.4, 0.5) is 5.69 Å². The van der Waals surface area contributed by atoms with Crippen molar-refractivity contribution in [2.45, 2.75) is 13.3 Å². The maximum Gasteiger partial charge on any atom is 0.313 e. The van der Waals surface area contributed by atoms with Crippen LogP contribution in [0.5, 0.6) is 5.75 Å². The van der Waals surface area contributed by atoms with E-state index in [1.807, 2.05) is 0 Å². The lowest BCUT2D eigenvalue weighted by Gasteiger charge is -2.27. The smallest absolute Gasteiger partial charge is 0.313 e. The van der Waals surface area contributed by atoms with Crippen molar-refractivity contribution in [2.24, 2.45) is 0 Å². The van der Waals surface area contributed by atoms with Crippen molar-refractivity contribution in [3.05, 3.63) is 33.9 Å². The fourth-order valence-electron chi connectivity index (χ4n) is 2.30. The van der Waals surface area contributed by atoms with Crippen LogP contribution in [0.15, 0.2) is 18.2 Å². The van der Waals surface area contributed by atoms with E-state index in [4.69, 9.17) is 4.74 Å². The Kier molecular flexibility index (Phi) is 5.10. The molecule has 0 spiro atoms. The first-order valence-electron chi connectivity index (χ1n) is 6.95. The Morgan fingerprint density at radius 3 is 2.81 bits per heavy atom. The number of piperazine rings is 1. The van der Waals surface area contributed by atoms with Crippen molar-refractivity contribution in [2.75, 3.05) is 32.8 Å². The highest BCUT2D eigenvalue weighted by Gasteiger charge is 2.19. The van der Waals surface area contributed by atoms with Crippen LogP contribution in [0, 0.1) is 17.0 Å². The average Bonchev–Trinajstić information content (AvgIpc) is 2.47. The summed E-state index contributed by atoms with van der Waals surface area (Å²) >= 11 is 0. The molecular weight excluding hydrogens is 274 g/mol. The molecule has 1 aromatic carbocycles. The lowest BCUT2D eigenvalue weighted by molar-refractivity contribution is -0.386. The number of nitrogens with zero attached hydrogens (tertiary/aromatic N) is 2. The number of ether oxygens (including phenoxy) is 1. The van der Waals surface area contributed by atoms with Crippen LogP contribution < -0.4 is 10.1 Å². The summed E-state index contributed by atoms with van der Waals surface area (Å²) in [5.74, 6) is 0.236. The molecule has 0 aromatic heterocycles. The first-order chi connectivity index (χ1) is 10.1. The second-order valence-corrected chi connectivity index (χ2v) is 4.91. The molecule has 7 nitrogen and oxygen atoms in total. The number of para-hydroxylation sites is 1. The molecule has 0 saturated carbocycles. The number of nitro benzene ring substituents is 1. The minimum absolute atomic E-state index is 0.0202. The van der Waals surface area contributed by atoms with Gasteiger partial charge in [-0.05, 0) is 13.0 Å². The predicted molar refractivity (Wildman–Crippen MR) is 77.4 cm³/mol. The third-order valence-corrected chi connectivity index (χ3v) is 3.43. The van der Waals surface area contributed by atoms with Crippen LogP contribution in [-0.4, -0.2) is 48.5 Å². The summed E-state index contributed by atoms with van der Waals surface area (Å²) in [7, 11) is 0. The Morgan fingerprint density at radius 2 is 2.14 bits per heavy atom. The first kappa shape index (κ1) is 15.2. The molecule has 1 N–H and O–H groups in total. The van der Waals surface area contributed by atoms with Gasteiger partial charge < -0.3 is 15.0 Å². The van der Waals surface area contributed by atoms with Crippen molar-refractivity contribution in [3.8, 4) is 5.75 Å². The lowest BCUT2D eigenvalue weighted by Crippen LogP contribution is -2.46. The van der Waals surface area contributed by atoms with Crippen LogP contribution in [0.2, 0.25) is 0 Å². The van der Waals surface area contributed by atoms with Gasteiger partial charge in [-0.2, -0.15) is 0 Å². The molecule has 1 aliphatic heterocycles. The molecule has 0 radical (unpaired) electrons. The molecule has 0 atom stereocenters. The Labute approximate surface area is 123 Å². The Bertz CT molecular complexity index is 527. The van der Waals surface area contributed by atoms with Crippen molar-refractivity contribution in [3.63, 3.8) is 0 Å². The van der Waals surface area contributed by atoms with Gasteiger partial charge in [-0.15, -0.1) is 0 Å². The molecule has 0 unspecified atom stereocenters. The number of benzene rings is 1. The largest absolute Gasteiger partial charge is 0.486 e. The van der Waals surface area contributed by atoms with Crippen LogP contribution in [0.3, 0.4) is 0 Å².